The highest BCUT2D eigenvalue weighted by atomic mass is 15.3. The van der Waals surface area contributed by atoms with Gasteiger partial charge < -0.3 is 4.98 Å². The van der Waals surface area contributed by atoms with Crippen molar-refractivity contribution in [1.82, 2.24) is 24.7 Å². The number of aryl methyl sites for hydroxylation is 2. The Balaban J connectivity index is 1.82. The fourth-order valence-corrected chi connectivity index (χ4v) is 2.80. The number of allylic oxidation sites excluding steroid dienone is 1. The van der Waals surface area contributed by atoms with E-state index >= 15 is 0 Å². The third-order valence-electron chi connectivity index (χ3n) is 3.96. The van der Waals surface area contributed by atoms with E-state index < -0.39 is 0 Å². The summed E-state index contributed by atoms with van der Waals surface area (Å²) in [5.74, 6) is 0.557. The van der Waals surface area contributed by atoms with E-state index in [1.54, 1.807) is 17.0 Å². The molecule has 0 amide bonds. The number of benzene rings is 1. The molecule has 0 unspecified atom stereocenters. The lowest BCUT2D eigenvalue weighted by Gasteiger charge is -1.98. The van der Waals surface area contributed by atoms with E-state index in [1.807, 2.05) is 44.3 Å². The number of nitriles is 1. The molecule has 0 fully saturated rings. The molecule has 0 aliphatic rings. The van der Waals surface area contributed by atoms with Crippen molar-refractivity contribution in [2.45, 2.75) is 6.92 Å². The molecular formula is C18H14N6. The second-order valence-corrected chi connectivity index (χ2v) is 5.62. The molecule has 0 saturated heterocycles. The van der Waals surface area contributed by atoms with Gasteiger partial charge in [0.2, 0.25) is 0 Å². The quantitative estimate of drug-likeness (QED) is 0.576. The Morgan fingerprint density at radius 1 is 1.33 bits per heavy atom. The SMILES string of the molecule is Cc1nn(C)c2ncc(C=C(C#N)c3nc4ccccc4[nH]3)cc12. The van der Waals surface area contributed by atoms with Gasteiger partial charge in [-0.05, 0) is 36.8 Å². The minimum Gasteiger partial charge on any atom is -0.337 e. The summed E-state index contributed by atoms with van der Waals surface area (Å²) in [7, 11) is 1.87. The van der Waals surface area contributed by atoms with E-state index in [0.717, 1.165) is 33.3 Å². The van der Waals surface area contributed by atoms with Gasteiger partial charge in [0.15, 0.2) is 5.65 Å². The van der Waals surface area contributed by atoms with Gasteiger partial charge in [-0.15, -0.1) is 0 Å². The second-order valence-electron chi connectivity index (χ2n) is 5.62. The standard InChI is InChI=1S/C18H14N6/c1-11-14-8-12(10-20-18(14)24(2)23-11)7-13(9-19)17-21-15-5-3-4-6-16(15)22-17/h3-8,10H,1-2H3,(H,21,22). The number of nitrogens with one attached hydrogen (secondary N) is 1. The number of H-pyrrole nitrogens is 1. The zero-order chi connectivity index (χ0) is 16.7. The van der Waals surface area contributed by atoms with E-state index in [4.69, 9.17) is 0 Å². The average molecular weight is 314 g/mol. The molecular weight excluding hydrogens is 300 g/mol. The molecule has 3 aromatic heterocycles. The van der Waals surface area contributed by atoms with E-state index in [9.17, 15) is 5.26 Å². The van der Waals surface area contributed by atoms with Crippen molar-refractivity contribution in [3.63, 3.8) is 0 Å². The highest BCUT2D eigenvalue weighted by molar-refractivity contribution is 5.91. The van der Waals surface area contributed by atoms with Crippen molar-refractivity contribution in [2.75, 3.05) is 0 Å². The molecule has 0 aliphatic carbocycles. The number of aromatic nitrogens is 5. The molecule has 6 nitrogen and oxygen atoms in total. The van der Waals surface area contributed by atoms with Gasteiger partial charge in [0.1, 0.15) is 11.9 Å². The van der Waals surface area contributed by atoms with Gasteiger partial charge in [0.25, 0.3) is 0 Å². The van der Waals surface area contributed by atoms with Crippen molar-refractivity contribution in [2.24, 2.45) is 7.05 Å². The van der Waals surface area contributed by atoms with Crippen molar-refractivity contribution in [1.29, 1.82) is 5.26 Å². The second kappa shape index (κ2) is 5.32. The van der Waals surface area contributed by atoms with Crippen LogP contribution in [0, 0.1) is 18.3 Å². The maximum Gasteiger partial charge on any atom is 0.157 e. The van der Waals surface area contributed by atoms with Crippen molar-refractivity contribution >= 4 is 33.7 Å². The summed E-state index contributed by atoms with van der Waals surface area (Å²) in [6.45, 7) is 1.95. The Kier molecular flexibility index (Phi) is 3.14. The summed E-state index contributed by atoms with van der Waals surface area (Å²) in [6.07, 6.45) is 3.53. The highest BCUT2D eigenvalue weighted by Crippen LogP contribution is 2.21. The third-order valence-corrected chi connectivity index (χ3v) is 3.96. The van der Waals surface area contributed by atoms with Crippen LogP contribution in [0.2, 0.25) is 0 Å². The van der Waals surface area contributed by atoms with Gasteiger partial charge in [-0.2, -0.15) is 10.4 Å². The molecule has 0 saturated carbocycles. The van der Waals surface area contributed by atoms with Crippen LogP contribution in [0.25, 0.3) is 33.7 Å². The molecule has 1 aromatic carbocycles. The fourth-order valence-electron chi connectivity index (χ4n) is 2.80. The zero-order valence-corrected chi connectivity index (χ0v) is 13.3. The Hall–Kier alpha value is -3.46. The Bertz CT molecular complexity index is 1110. The molecule has 0 radical (unpaired) electrons. The number of rotatable bonds is 2. The summed E-state index contributed by atoms with van der Waals surface area (Å²) in [5.41, 5.74) is 4.80. The van der Waals surface area contributed by atoms with Gasteiger partial charge in [0.05, 0.1) is 22.3 Å². The molecule has 0 spiro atoms. The Morgan fingerprint density at radius 2 is 2.17 bits per heavy atom. The minimum atomic E-state index is 0.467. The van der Waals surface area contributed by atoms with Gasteiger partial charge in [-0.1, -0.05) is 12.1 Å². The monoisotopic (exact) mass is 314 g/mol. The largest absolute Gasteiger partial charge is 0.337 e. The maximum absolute atomic E-state index is 9.52. The molecule has 4 rings (SSSR count). The van der Waals surface area contributed by atoms with Crippen LogP contribution >= 0.6 is 0 Å². The van der Waals surface area contributed by atoms with Crippen molar-refractivity contribution in [3.05, 3.63) is 53.6 Å². The molecule has 0 atom stereocenters. The van der Waals surface area contributed by atoms with Gasteiger partial charge >= 0.3 is 0 Å². The topological polar surface area (TPSA) is 83.2 Å². The fraction of sp³-hybridized carbons (Fsp3) is 0.111. The van der Waals surface area contributed by atoms with Crippen molar-refractivity contribution < 1.29 is 0 Å². The summed E-state index contributed by atoms with van der Waals surface area (Å²) >= 11 is 0. The number of hydrogen-bond acceptors (Lipinski definition) is 4. The minimum absolute atomic E-state index is 0.467. The summed E-state index contributed by atoms with van der Waals surface area (Å²) < 4.78 is 1.75. The number of para-hydroxylation sites is 2. The molecule has 6 heteroatoms. The number of nitrogens with zero attached hydrogens (tertiary/aromatic N) is 5. The van der Waals surface area contributed by atoms with E-state index in [1.165, 1.54) is 0 Å². The van der Waals surface area contributed by atoms with Crippen LogP contribution in [-0.4, -0.2) is 24.7 Å². The number of aromatic amines is 1. The lowest BCUT2D eigenvalue weighted by atomic mass is 10.1. The van der Waals surface area contributed by atoms with Crippen LogP contribution < -0.4 is 0 Å². The van der Waals surface area contributed by atoms with Crippen LogP contribution in [0.5, 0.6) is 0 Å². The van der Waals surface area contributed by atoms with Crippen molar-refractivity contribution in [3.8, 4) is 6.07 Å². The smallest absolute Gasteiger partial charge is 0.157 e. The third kappa shape index (κ3) is 2.23. The summed E-state index contributed by atoms with van der Waals surface area (Å²) in [4.78, 5) is 12.1. The Morgan fingerprint density at radius 3 is 2.96 bits per heavy atom. The van der Waals surface area contributed by atoms with E-state index in [0.29, 0.717) is 11.4 Å². The average Bonchev–Trinajstić information content (AvgIpc) is 3.14. The van der Waals surface area contributed by atoms with Crippen LogP contribution in [0.1, 0.15) is 17.1 Å². The van der Waals surface area contributed by atoms with Crippen LogP contribution in [0.3, 0.4) is 0 Å². The molecule has 4 aromatic rings. The molecule has 3 heterocycles. The van der Waals surface area contributed by atoms with E-state index in [2.05, 4.69) is 26.1 Å². The number of imidazole rings is 1. The van der Waals surface area contributed by atoms with Gasteiger partial charge in [0, 0.05) is 18.6 Å². The zero-order valence-electron chi connectivity index (χ0n) is 13.3. The maximum atomic E-state index is 9.52. The Labute approximate surface area is 138 Å². The normalized spacial score (nSPS) is 12.0. The molecule has 1 N–H and O–H groups in total. The number of fused-ring (bicyclic) bond motifs is 2. The summed E-state index contributed by atoms with van der Waals surface area (Å²) in [6, 6.07) is 11.9. The first kappa shape index (κ1) is 14.2. The lowest BCUT2D eigenvalue weighted by Crippen LogP contribution is -1.92. The molecule has 0 aliphatic heterocycles. The van der Waals surface area contributed by atoms with Crippen LogP contribution in [0.15, 0.2) is 36.5 Å². The van der Waals surface area contributed by atoms with Gasteiger partial charge in [-0.3, -0.25) is 4.68 Å². The van der Waals surface area contributed by atoms with Crippen LogP contribution in [-0.2, 0) is 7.05 Å². The lowest BCUT2D eigenvalue weighted by molar-refractivity contribution is 0.774. The first-order valence-electron chi connectivity index (χ1n) is 7.52. The van der Waals surface area contributed by atoms with E-state index in [-0.39, 0.29) is 0 Å². The molecule has 0 bridgehead atoms. The molecule has 116 valence electrons. The first-order chi connectivity index (χ1) is 11.7. The first-order valence-corrected chi connectivity index (χ1v) is 7.52. The predicted octanol–water partition coefficient (Wildman–Crippen LogP) is 3.22. The van der Waals surface area contributed by atoms with Gasteiger partial charge in [-0.25, -0.2) is 9.97 Å². The predicted molar refractivity (Wildman–Crippen MR) is 92.8 cm³/mol. The summed E-state index contributed by atoms with van der Waals surface area (Å²) in [5, 5.41) is 14.9. The highest BCUT2D eigenvalue weighted by Gasteiger charge is 2.10. The van der Waals surface area contributed by atoms with Crippen LogP contribution in [0.4, 0.5) is 0 Å². The number of hydrogen-bond donors (Lipinski definition) is 1. The molecule has 24 heavy (non-hydrogen) atoms. The number of pyridine rings is 1.